The Morgan fingerprint density at radius 3 is 2.19 bits per heavy atom. The maximum atomic E-state index is 14.9. The second-order valence-corrected chi connectivity index (χ2v) is 8.22. The molecule has 0 aliphatic heterocycles. The first kappa shape index (κ1) is 26.0. The lowest BCUT2D eigenvalue weighted by Gasteiger charge is -2.18. The molecule has 0 bridgehead atoms. The van der Waals surface area contributed by atoms with Crippen molar-refractivity contribution >= 4 is 22.8 Å². The lowest BCUT2D eigenvalue weighted by atomic mass is 9.93. The molecule has 2 aromatic carbocycles. The number of benzene rings is 2. The van der Waals surface area contributed by atoms with Crippen molar-refractivity contribution in [2.24, 2.45) is 5.73 Å². The summed E-state index contributed by atoms with van der Waals surface area (Å²) in [6, 6.07) is 8.08. The molecule has 0 aliphatic carbocycles. The monoisotopic (exact) mass is 469 g/mol. The van der Waals surface area contributed by atoms with Crippen LogP contribution in [-0.4, -0.2) is 11.0 Å². The first-order valence-corrected chi connectivity index (χ1v) is 11.1. The summed E-state index contributed by atoms with van der Waals surface area (Å²) in [5.74, 6) is -1.48. The van der Waals surface area contributed by atoms with E-state index in [0.29, 0.717) is 23.1 Å². The maximum absolute atomic E-state index is 14.9. The number of hydrogen-bond acceptors (Lipinski definition) is 2. The van der Waals surface area contributed by atoms with Crippen LogP contribution < -0.4 is 5.73 Å². The molecule has 0 atom stereocenters. The zero-order valence-electron chi connectivity index (χ0n) is 18.5. The summed E-state index contributed by atoms with van der Waals surface area (Å²) in [7, 11) is 0. The number of halogens is 5. The number of rotatable bonds is 9. The van der Waals surface area contributed by atoms with Gasteiger partial charge in [-0.15, -0.1) is 0 Å². The fourth-order valence-corrected chi connectivity index (χ4v) is 3.77. The molecule has 0 spiro atoms. The van der Waals surface area contributed by atoms with Crippen LogP contribution in [0.1, 0.15) is 60.9 Å². The third-order valence-electron chi connectivity index (χ3n) is 5.62. The predicted molar refractivity (Wildman–Crippen MR) is 124 cm³/mol. The second kappa shape index (κ2) is 11.0. The van der Waals surface area contributed by atoms with Crippen LogP contribution in [0.15, 0.2) is 35.9 Å². The van der Waals surface area contributed by atoms with Gasteiger partial charge in [0.15, 0.2) is 0 Å². The van der Waals surface area contributed by atoms with Gasteiger partial charge in [0, 0.05) is 11.3 Å². The molecule has 0 heterocycles. The Morgan fingerprint density at radius 2 is 1.66 bits per heavy atom. The molecular weight excluding hydrogens is 441 g/mol. The van der Waals surface area contributed by atoms with Crippen LogP contribution in [-0.2, 0) is 19.3 Å². The van der Waals surface area contributed by atoms with Gasteiger partial charge in [-0.25, -0.2) is 8.78 Å². The molecular formula is C25H28F5NS. The second-order valence-electron chi connectivity index (χ2n) is 7.81. The molecule has 0 amide bonds. The minimum absolute atomic E-state index is 0.132. The van der Waals surface area contributed by atoms with Crippen LogP contribution in [0.25, 0.3) is 5.70 Å². The summed E-state index contributed by atoms with van der Waals surface area (Å²) < 4.78 is 69.9. The van der Waals surface area contributed by atoms with Crippen molar-refractivity contribution < 1.29 is 22.0 Å². The highest BCUT2D eigenvalue weighted by atomic mass is 32.1. The SMILES string of the molecule is CCCCc1cc(F)c(CCC(C(=S)C(F)(F)F)=C(N)c2ccc(CC)cc2)c(F)c1C. The lowest BCUT2D eigenvalue weighted by Crippen LogP contribution is -2.25. The average molecular weight is 470 g/mol. The molecule has 0 aliphatic rings. The van der Waals surface area contributed by atoms with Gasteiger partial charge in [-0.2, -0.15) is 13.2 Å². The van der Waals surface area contributed by atoms with Crippen LogP contribution in [0.3, 0.4) is 0 Å². The van der Waals surface area contributed by atoms with E-state index < -0.39 is 22.7 Å². The molecule has 0 saturated heterocycles. The van der Waals surface area contributed by atoms with Crippen LogP contribution in [0.2, 0.25) is 0 Å². The standard InChI is InChI=1S/C25H28F5NS/c1-4-6-7-18-14-21(26)19(22(27)15(18)3)12-13-20(24(32)25(28,29)30)23(31)17-10-8-16(5-2)9-11-17/h8-11,14H,4-7,12-13,31H2,1-3H3. The highest BCUT2D eigenvalue weighted by Gasteiger charge is 2.37. The third-order valence-corrected chi connectivity index (χ3v) is 6.10. The predicted octanol–water partition coefficient (Wildman–Crippen LogP) is 7.41. The molecule has 1 nitrogen and oxygen atoms in total. The fourth-order valence-electron chi connectivity index (χ4n) is 3.56. The summed E-state index contributed by atoms with van der Waals surface area (Å²) in [6.45, 7) is 5.50. The van der Waals surface area contributed by atoms with Gasteiger partial charge in [0.25, 0.3) is 0 Å². The Labute approximate surface area is 191 Å². The topological polar surface area (TPSA) is 26.0 Å². The summed E-state index contributed by atoms with van der Waals surface area (Å²) in [6.07, 6.45) is -2.42. The van der Waals surface area contributed by atoms with Gasteiger partial charge in [-0.3, -0.25) is 0 Å². The summed E-state index contributed by atoms with van der Waals surface area (Å²) >= 11 is 4.66. The molecule has 0 aromatic heterocycles. The van der Waals surface area contributed by atoms with E-state index in [1.807, 2.05) is 13.8 Å². The molecule has 7 heteroatoms. The third kappa shape index (κ3) is 6.15. The highest BCUT2D eigenvalue weighted by molar-refractivity contribution is 7.81. The van der Waals surface area contributed by atoms with E-state index in [4.69, 9.17) is 5.73 Å². The van der Waals surface area contributed by atoms with E-state index in [9.17, 15) is 22.0 Å². The van der Waals surface area contributed by atoms with Crippen molar-refractivity contribution in [3.8, 4) is 0 Å². The Kier molecular flexibility index (Phi) is 8.96. The number of thiocarbonyl (C=S) groups is 1. The van der Waals surface area contributed by atoms with Crippen LogP contribution in [0.4, 0.5) is 22.0 Å². The van der Waals surface area contributed by atoms with Gasteiger partial charge in [0.1, 0.15) is 16.5 Å². The quantitative estimate of drug-likeness (QED) is 0.235. The van der Waals surface area contributed by atoms with Crippen molar-refractivity contribution in [1.82, 2.24) is 0 Å². The molecule has 2 rings (SSSR count). The number of hydrogen-bond donors (Lipinski definition) is 1. The Bertz CT molecular complexity index is 991. The number of aryl methyl sites for hydroxylation is 2. The molecule has 2 N–H and O–H groups in total. The van der Waals surface area contributed by atoms with Gasteiger partial charge >= 0.3 is 6.18 Å². The molecule has 2 aromatic rings. The van der Waals surface area contributed by atoms with Crippen molar-refractivity contribution in [3.05, 3.63) is 75.4 Å². The van der Waals surface area contributed by atoms with Crippen molar-refractivity contribution in [2.75, 3.05) is 0 Å². The molecule has 0 fully saturated rings. The number of alkyl halides is 3. The van der Waals surface area contributed by atoms with Crippen LogP contribution >= 0.6 is 12.2 Å². The van der Waals surface area contributed by atoms with Crippen LogP contribution in [0.5, 0.6) is 0 Å². The van der Waals surface area contributed by atoms with Gasteiger partial charge in [-0.05, 0) is 72.9 Å². The Balaban J connectivity index is 2.43. The smallest absolute Gasteiger partial charge is 0.398 e. The van der Waals surface area contributed by atoms with Gasteiger partial charge in [0.2, 0.25) is 0 Å². The van der Waals surface area contributed by atoms with E-state index in [1.165, 1.54) is 6.07 Å². The molecule has 32 heavy (non-hydrogen) atoms. The maximum Gasteiger partial charge on any atom is 0.426 e. The fraction of sp³-hybridized carbons (Fsp3) is 0.400. The van der Waals surface area contributed by atoms with Gasteiger partial charge < -0.3 is 5.73 Å². The number of unbranched alkanes of at least 4 members (excludes halogenated alkanes) is 1. The van der Waals surface area contributed by atoms with Crippen molar-refractivity contribution in [1.29, 1.82) is 0 Å². The van der Waals surface area contributed by atoms with Crippen molar-refractivity contribution in [3.63, 3.8) is 0 Å². The number of allylic oxidation sites excluding steroid dienone is 1. The zero-order valence-corrected chi connectivity index (χ0v) is 19.3. The first-order valence-electron chi connectivity index (χ1n) is 10.7. The summed E-state index contributed by atoms with van der Waals surface area (Å²) in [5, 5.41) is 0. The summed E-state index contributed by atoms with van der Waals surface area (Å²) in [4.78, 5) is -1.27. The Hall–Kier alpha value is -2.28. The van der Waals surface area contributed by atoms with E-state index in [-0.39, 0.29) is 29.7 Å². The molecule has 0 saturated carbocycles. The van der Waals surface area contributed by atoms with Crippen LogP contribution in [0, 0.1) is 18.6 Å². The van der Waals surface area contributed by atoms with E-state index in [2.05, 4.69) is 12.2 Å². The first-order chi connectivity index (χ1) is 15.0. The summed E-state index contributed by atoms with van der Waals surface area (Å²) in [5.41, 5.74) is 7.65. The minimum atomic E-state index is -4.78. The van der Waals surface area contributed by atoms with Gasteiger partial charge in [0.05, 0.1) is 0 Å². The Morgan fingerprint density at radius 1 is 1.03 bits per heavy atom. The largest absolute Gasteiger partial charge is 0.426 e. The average Bonchev–Trinajstić information content (AvgIpc) is 2.76. The normalized spacial score (nSPS) is 12.6. The van der Waals surface area contributed by atoms with E-state index in [1.54, 1.807) is 31.2 Å². The van der Waals surface area contributed by atoms with E-state index in [0.717, 1.165) is 24.8 Å². The molecule has 0 radical (unpaired) electrons. The molecule has 0 unspecified atom stereocenters. The van der Waals surface area contributed by atoms with E-state index >= 15 is 0 Å². The van der Waals surface area contributed by atoms with Gasteiger partial charge in [-0.1, -0.05) is 56.8 Å². The minimum Gasteiger partial charge on any atom is -0.398 e. The number of nitrogens with two attached hydrogens (primary N) is 1. The molecule has 174 valence electrons. The lowest BCUT2D eigenvalue weighted by molar-refractivity contribution is -0.0559. The van der Waals surface area contributed by atoms with Crippen molar-refractivity contribution in [2.45, 2.75) is 65.5 Å². The highest BCUT2D eigenvalue weighted by Crippen LogP contribution is 2.31. The zero-order chi connectivity index (χ0) is 24.1.